The standard InChI is InChI=1S/C15H21ClN2O4S/c1-4-5-10(2)17-15(19)14-9-18(23(3,20)21)12-8-11(16)6-7-13(12)22-14/h6-8,10,14H,4-5,9H2,1-3H3,(H,17,19)/t10-,14+/m0/s1. The van der Waals surface area contributed by atoms with Gasteiger partial charge in [-0.25, -0.2) is 8.42 Å². The molecule has 128 valence electrons. The van der Waals surface area contributed by atoms with E-state index < -0.39 is 16.1 Å². The number of hydrogen-bond acceptors (Lipinski definition) is 4. The number of anilines is 1. The number of carbonyl (C=O) groups is 1. The number of benzene rings is 1. The number of halogens is 1. The van der Waals surface area contributed by atoms with E-state index in [1.807, 2.05) is 13.8 Å². The van der Waals surface area contributed by atoms with Crippen LogP contribution < -0.4 is 14.4 Å². The van der Waals surface area contributed by atoms with E-state index in [-0.39, 0.29) is 18.5 Å². The Morgan fingerprint density at radius 3 is 2.83 bits per heavy atom. The molecule has 2 atom stereocenters. The highest BCUT2D eigenvalue weighted by molar-refractivity contribution is 7.92. The summed E-state index contributed by atoms with van der Waals surface area (Å²) < 4.78 is 30.9. The lowest BCUT2D eigenvalue weighted by molar-refractivity contribution is -0.128. The van der Waals surface area contributed by atoms with Crippen LogP contribution in [-0.2, 0) is 14.8 Å². The van der Waals surface area contributed by atoms with Gasteiger partial charge >= 0.3 is 0 Å². The molecule has 1 aromatic rings. The third kappa shape index (κ3) is 4.29. The summed E-state index contributed by atoms with van der Waals surface area (Å²) in [5.41, 5.74) is 0.352. The van der Waals surface area contributed by atoms with Gasteiger partial charge in [0.05, 0.1) is 18.5 Å². The van der Waals surface area contributed by atoms with Crippen molar-refractivity contribution in [2.75, 3.05) is 17.1 Å². The number of nitrogens with one attached hydrogen (secondary N) is 1. The van der Waals surface area contributed by atoms with Gasteiger partial charge in [-0.15, -0.1) is 0 Å². The van der Waals surface area contributed by atoms with Gasteiger partial charge in [-0.3, -0.25) is 9.10 Å². The number of fused-ring (bicyclic) bond motifs is 1. The van der Waals surface area contributed by atoms with E-state index in [1.54, 1.807) is 12.1 Å². The van der Waals surface area contributed by atoms with Gasteiger partial charge < -0.3 is 10.1 Å². The highest BCUT2D eigenvalue weighted by atomic mass is 35.5. The van der Waals surface area contributed by atoms with Crippen LogP contribution in [0.25, 0.3) is 0 Å². The summed E-state index contributed by atoms with van der Waals surface area (Å²) in [6.07, 6.45) is 2.00. The molecule has 23 heavy (non-hydrogen) atoms. The molecule has 1 aliphatic rings. The molecule has 6 nitrogen and oxygen atoms in total. The molecule has 0 radical (unpaired) electrons. The number of carbonyl (C=O) groups excluding carboxylic acids is 1. The van der Waals surface area contributed by atoms with Crippen LogP contribution in [0.3, 0.4) is 0 Å². The van der Waals surface area contributed by atoms with E-state index in [9.17, 15) is 13.2 Å². The smallest absolute Gasteiger partial charge is 0.263 e. The van der Waals surface area contributed by atoms with E-state index in [0.29, 0.717) is 16.5 Å². The Hall–Kier alpha value is -1.47. The second-order valence-corrected chi connectivity index (χ2v) is 8.05. The van der Waals surface area contributed by atoms with Crippen LogP contribution in [0.15, 0.2) is 18.2 Å². The minimum absolute atomic E-state index is 0.00870. The van der Waals surface area contributed by atoms with E-state index in [1.165, 1.54) is 6.07 Å². The van der Waals surface area contributed by atoms with Gasteiger partial charge in [0.25, 0.3) is 5.91 Å². The first kappa shape index (κ1) is 17.9. The van der Waals surface area contributed by atoms with Crippen molar-refractivity contribution < 1.29 is 17.9 Å². The Bertz CT molecular complexity index is 693. The quantitative estimate of drug-likeness (QED) is 0.873. The molecule has 2 rings (SSSR count). The molecule has 1 amide bonds. The van der Waals surface area contributed by atoms with Crippen molar-refractivity contribution in [3.05, 3.63) is 23.2 Å². The average Bonchev–Trinajstić information content (AvgIpc) is 2.45. The summed E-state index contributed by atoms with van der Waals surface area (Å²) in [5, 5.41) is 3.26. The van der Waals surface area contributed by atoms with Crippen LogP contribution in [0.4, 0.5) is 5.69 Å². The molecule has 1 N–H and O–H groups in total. The van der Waals surface area contributed by atoms with Crippen molar-refractivity contribution in [3.8, 4) is 5.75 Å². The van der Waals surface area contributed by atoms with Gasteiger partial charge in [0.15, 0.2) is 6.10 Å². The lowest BCUT2D eigenvalue weighted by Crippen LogP contribution is -2.52. The van der Waals surface area contributed by atoms with Crippen molar-refractivity contribution in [3.63, 3.8) is 0 Å². The van der Waals surface area contributed by atoms with Gasteiger partial charge in [-0.1, -0.05) is 24.9 Å². The molecule has 0 spiro atoms. The van der Waals surface area contributed by atoms with Crippen LogP contribution in [0.1, 0.15) is 26.7 Å². The molecule has 0 saturated heterocycles. The zero-order valence-corrected chi connectivity index (χ0v) is 14.9. The maximum absolute atomic E-state index is 12.3. The number of rotatable bonds is 5. The van der Waals surface area contributed by atoms with E-state index in [2.05, 4.69) is 5.32 Å². The first-order valence-corrected chi connectivity index (χ1v) is 9.69. The SMILES string of the molecule is CCC[C@H](C)NC(=O)[C@H]1CN(S(C)(=O)=O)c2cc(Cl)ccc2O1. The fourth-order valence-corrected chi connectivity index (χ4v) is 3.59. The second kappa shape index (κ2) is 6.97. The molecular formula is C15H21ClN2O4S. The maximum atomic E-state index is 12.3. The number of nitrogens with zero attached hydrogens (tertiary/aromatic N) is 1. The van der Waals surface area contributed by atoms with Crippen LogP contribution in [-0.4, -0.2) is 39.3 Å². The molecule has 1 heterocycles. The zero-order chi connectivity index (χ0) is 17.2. The molecule has 0 aromatic heterocycles. The summed E-state index contributed by atoms with van der Waals surface area (Å²) in [4.78, 5) is 12.3. The Morgan fingerprint density at radius 1 is 1.52 bits per heavy atom. The molecule has 8 heteroatoms. The van der Waals surface area contributed by atoms with Crippen LogP contribution in [0, 0.1) is 0 Å². The number of sulfonamides is 1. The van der Waals surface area contributed by atoms with Crippen LogP contribution >= 0.6 is 11.6 Å². The maximum Gasteiger partial charge on any atom is 0.263 e. The van der Waals surface area contributed by atoms with Gasteiger partial charge in [-0.05, 0) is 31.5 Å². The van der Waals surface area contributed by atoms with E-state index in [0.717, 1.165) is 23.4 Å². The van der Waals surface area contributed by atoms with E-state index in [4.69, 9.17) is 16.3 Å². The second-order valence-electron chi connectivity index (χ2n) is 5.71. The van der Waals surface area contributed by atoms with Gasteiger partial charge in [0.2, 0.25) is 10.0 Å². The minimum Gasteiger partial charge on any atom is -0.476 e. The largest absolute Gasteiger partial charge is 0.476 e. The molecule has 1 aliphatic heterocycles. The fraction of sp³-hybridized carbons (Fsp3) is 0.533. The summed E-state index contributed by atoms with van der Waals surface area (Å²) in [7, 11) is -3.55. The Labute approximate surface area is 141 Å². The molecule has 0 unspecified atom stereocenters. The fourth-order valence-electron chi connectivity index (χ4n) is 2.52. The van der Waals surface area contributed by atoms with E-state index >= 15 is 0 Å². The molecule has 0 bridgehead atoms. The Kier molecular flexibility index (Phi) is 5.41. The summed E-state index contributed by atoms with van der Waals surface area (Å²) in [6, 6.07) is 4.70. The highest BCUT2D eigenvalue weighted by Gasteiger charge is 2.35. The summed E-state index contributed by atoms with van der Waals surface area (Å²) in [5.74, 6) is 0.00886. The molecule has 0 saturated carbocycles. The van der Waals surface area contributed by atoms with Gasteiger partial charge in [0.1, 0.15) is 5.75 Å². The lowest BCUT2D eigenvalue weighted by atomic mass is 10.1. The number of hydrogen-bond donors (Lipinski definition) is 1. The first-order chi connectivity index (χ1) is 10.7. The van der Waals surface area contributed by atoms with Crippen LogP contribution in [0.2, 0.25) is 5.02 Å². The summed E-state index contributed by atoms with van der Waals surface area (Å²) in [6.45, 7) is 3.87. The third-order valence-corrected chi connectivity index (χ3v) is 4.98. The molecular weight excluding hydrogens is 340 g/mol. The topological polar surface area (TPSA) is 75.7 Å². The lowest BCUT2D eigenvalue weighted by Gasteiger charge is -2.34. The zero-order valence-electron chi connectivity index (χ0n) is 13.4. The predicted octanol–water partition coefficient (Wildman–Crippen LogP) is 2.17. The van der Waals surface area contributed by atoms with Crippen molar-refractivity contribution in [2.24, 2.45) is 0 Å². The van der Waals surface area contributed by atoms with Crippen LogP contribution in [0.5, 0.6) is 5.75 Å². The highest BCUT2D eigenvalue weighted by Crippen LogP contribution is 2.37. The predicted molar refractivity (Wildman–Crippen MR) is 90.6 cm³/mol. The van der Waals surface area contributed by atoms with Crippen molar-refractivity contribution in [2.45, 2.75) is 38.8 Å². The summed E-state index contributed by atoms with van der Waals surface area (Å²) >= 11 is 5.94. The molecule has 1 aromatic carbocycles. The van der Waals surface area contributed by atoms with Crippen molar-refractivity contribution in [1.29, 1.82) is 0 Å². The average molecular weight is 361 g/mol. The molecule has 0 fully saturated rings. The van der Waals surface area contributed by atoms with Gasteiger partial charge in [0, 0.05) is 11.1 Å². The van der Waals surface area contributed by atoms with Gasteiger partial charge in [-0.2, -0.15) is 0 Å². The monoisotopic (exact) mass is 360 g/mol. The minimum atomic E-state index is -3.55. The Balaban J connectivity index is 2.27. The van der Waals surface area contributed by atoms with Crippen molar-refractivity contribution in [1.82, 2.24) is 5.32 Å². The van der Waals surface area contributed by atoms with Crippen molar-refractivity contribution >= 4 is 33.2 Å². The molecule has 0 aliphatic carbocycles. The Morgan fingerprint density at radius 2 is 2.22 bits per heavy atom. The number of amides is 1. The normalized spacial score (nSPS) is 18.8. The number of ether oxygens (including phenoxy) is 1. The first-order valence-electron chi connectivity index (χ1n) is 7.46. The third-order valence-electron chi connectivity index (χ3n) is 3.59.